The van der Waals surface area contributed by atoms with Crippen LogP contribution in [0.2, 0.25) is 0 Å². The number of esters is 2. The van der Waals surface area contributed by atoms with E-state index in [0.717, 1.165) is 58.0 Å². The number of ether oxygens (including phenoxy) is 2. The van der Waals surface area contributed by atoms with Crippen molar-refractivity contribution in [1.29, 1.82) is 0 Å². The molecule has 0 heterocycles. The van der Waals surface area contributed by atoms with Crippen molar-refractivity contribution in [2.45, 2.75) is 71.6 Å². The molecule has 0 aromatic heterocycles. The summed E-state index contributed by atoms with van der Waals surface area (Å²) in [4.78, 5) is 25.5. The third-order valence-electron chi connectivity index (χ3n) is 5.19. The van der Waals surface area contributed by atoms with E-state index in [1.54, 1.807) is 0 Å². The minimum absolute atomic E-state index is 0.132. The number of carbonyl (C=O) groups is 2. The van der Waals surface area contributed by atoms with Gasteiger partial charge in [0.25, 0.3) is 0 Å². The first-order valence-electron chi connectivity index (χ1n) is 12.1. The summed E-state index contributed by atoms with van der Waals surface area (Å²) in [7, 11) is 0. The maximum atomic E-state index is 11.9. The topological polar surface area (TPSA) is 76.1 Å². The van der Waals surface area contributed by atoms with Crippen molar-refractivity contribution in [3.8, 4) is 0 Å². The van der Waals surface area contributed by atoms with Crippen LogP contribution in [0.15, 0.2) is 37.0 Å². The lowest BCUT2D eigenvalue weighted by atomic mass is 9.99. The largest absolute Gasteiger partial charge is 0.461 e. The van der Waals surface area contributed by atoms with Crippen molar-refractivity contribution < 1.29 is 24.2 Å². The fourth-order valence-corrected chi connectivity index (χ4v) is 3.04. The molecular formula is C26H45NO5. The van der Waals surface area contributed by atoms with Gasteiger partial charge in [-0.3, -0.25) is 9.59 Å². The molecule has 32 heavy (non-hydrogen) atoms. The Morgan fingerprint density at radius 1 is 0.938 bits per heavy atom. The monoisotopic (exact) mass is 451 g/mol. The molecule has 1 atom stereocenters. The Balaban J connectivity index is 3.89. The maximum absolute atomic E-state index is 11.9. The second-order valence-electron chi connectivity index (χ2n) is 7.84. The van der Waals surface area contributed by atoms with Gasteiger partial charge in [-0.05, 0) is 57.5 Å². The zero-order valence-corrected chi connectivity index (χ0v) is 20.3. The highest BCUT2D eigenvalue weighted by Crippen LogP contribution is 2.13. The molecule has 0 aromatic carbocycles. The number of hydrogen-bond acceptors (Lipinski definition) is 6. The molecule has 0 rings (SSSR count). The molecule has 0 spiro atoms. The minimum Gasteiger partial charge on any atom is -0.461 e. The Bertz CT molecular complexity index is 544. The van der Waals surface area contributed by atoms with Gasteiger partial charge in [-0.1, -0.05) is 50.6 Å². The lowest BCUT2D eigenvalue weighted by molar-refractivity contribution is -0.143. The van der Waals surface area contributed by atoms with Crippen molar-refractivity contribution in [3.05, 3.63) is 37.0 Å². The van der Waals surface area contributed by atoms with Crippen molar-refractivity contribution in [2.75, 3.05) is 39.5 Å². The van der Waals surface area contributed by atoms with Crippen LogP contribution in [0.5, 0.6) is 0 Å². The van der Waals surface area contributed by atoms with Crippen LogP contribution < -0.4 is 0 Å². The smallest absolute Gasteiger partial charge is 0.307 e. The van der Waals surface area contributed by atoms with Crippen LogP contribution in [-0.4, -0.2) is 61.4 Å². The molecule has 0 aromatic rings. The minimum atomic E-state index is -0.184. The number of nitrogens with zero attached hydrogens (tertiary/aromatic N) is 1. The zero-order chi connectivity index (χ0) is 23.9. The molecule has 0 aliphatic heterocycles. The van der Waals surface area contributed by atoms with E-state index in [2.05, 4.69) is 25.3 Å². The Kier molecular flexibility index (Phi) is 20.9. The van der Waals surface area contributed by atoms with Crippen LogP contribution in [0.4, 0.5) is 0 Å². The van der Waals surface area contributed by atoms with Gasteiger partial charge in [0, 0.05) is 19.6 Å². The fourth-order valence-electron chi connectivity index (χ4n) is 3.04. The number of rotatable bonds is 21. The summed E-state index contributed by atoms with van der Waals surface area (Å²) in [5.41, 5.74) is 0. The lowest BCUT2D eigenvalue weighted by Crippen LogP contribution is -2.28. The standard InChI is InChI=1S/C26H45NO5/c1-4-7-17-25(29)31-22-13-8-9-15-24(5-2)16-10-14-23-32-26(30)18-20-27(6-3)19-11-12-21-28/h5,8,10,13-14,24,28H,2,4,6-7,9,11-12,15-23H2,1,3H3/b13-8+,14-10-. The van der Waals surface area contributed by atoms with Gasteiger partial charge >= 0.3 is 11.9 Å². The van der Waals surface area contributed by atoms with Crippen LogP contribution in [0.3, 0.4) is 0 Å². The number of allylic oxidation sites excluding steroid dienone is 3. The molecule has 1 N–H and O–H groups in total. The van der Waals surface area contributed by atoms with E-state index >= 15 is 0 Å². The van der Waals surface area contributed by atoms with Gasteiger partial charge < -0.3 is 19.5 Å². The van der Waals surface area contributed by atoms with Gasteiger partial charge in [0.1, 0.15) is 13.2 Å². The maximum Gasteiger partial charge on any atom is 0.307 e. The molecule has 0 aliphatic carbocycles. The summed E-state index contributed by atoms with van der Waals surface area (Å²) in [6.07, 6.45) is 17.0. The van der Waals surface area contributed by atoms with Crippen molar-refractivity contribution in [3.63, 3.8) is 0 Å². The molecule has 6 heteroatoms. The quantitative estimate of drug-likeness (QED) is 0.153. The summed E-state index contributed by atoms with van der Waals surface area (Å²) >= 11 is 0. The number of aliphatic hydroxyl groups is 1. The van der Waals surface area contributed by atoms with Crippen molar-refractivity contribution in [1.82, 2.24) is 4.90 Å². The summed E-state index contributed by atoms with van der Waals surface area (Å²) in [5.74, 6) is 0.0406. The summed E-state index contributed by atoms with van der Waals surface area (Å²) in [6, 6.07) is 0. The molecule has 6 nitrogen and oxygen atoms in total. The molecule has 0 saturated heterocycles. The van der Waals surface area contributed by atoms with Gasteiger partial charge in [-0.25, -0.2) is 0 Å². The Morgan fingerprint density at radius 2 is 1.62 bits per heavy atom. The first-order valence-corrected chi connectivity index (χ1v) is 12.1. The highest BCUT2D eigenvalue weighted by atomic mass is 16.5. The Hall–Kier alpha value is -1.92. The van der Waals surface area contributed by atoms with Gasteiger partial charge in [-0.2, -0.15) is 0 Å². The van der Waals surface area contributed by atoms with Crippen LogP contribution in [0, 0.1) is 5.92 Å². The number of aliphatic hydroxyl groups excluding tert-OH is 1. The van der Waals surface area contributed by atoms with Gasteiger partial charge in [0.2, 0.25) is 0 Å². The molecular weight excluding hydrogens is 406 g/mol. The number of carbonyl (C=O) groups excluding carboxylic acids is 2. The summed E-state index contributed by atoms with van der Waals surface area (Å²) < 4.78 is 10.4. The summed E-state index contributed by atoms with van der Waals surface area (Å²) in [5, 5.41) is 8.85. The van der Waals surface area contributed by atoms with Crippen LogP contribution >= 0.6 is 0 Å². The van der Waals surface area contributed by atoms with Crippen molar-refractivity contribution >= 4 is 11.9 Å². The van der Waals surface area contributed by atoms with E-state index in [0.29, 0.717) is 38.5 Å². The van der Waals surface area contributed by atoms with E-state index in [9.17, 15) is 9.59 Å². The molecule has 0 fully saturated rings. The van der Waals surface area contributed by atoms with E-state index in [-0.39, 0.29) is 18.5 Å². The fraction of sp³-hybridized carbons (Fsp3) is 0.692. The highest BCUT2D eigenvalue weighted by Gasteiger charge is 2.07. The average molecular weight is 452 g/mol. The molecule has 1 unspecified atom stereocenters. The third kappa shape index (κ3) is 18.8. The van der Waals surface area contributed by atoms with Crippen LogP contribution in [0.1, 0.15) is 71.6 Å². The Labute approximate surface area is 195 Å². The molecule has 0 bridgehead atoms. The van der Waals surface area contributed by atoms with Crippen LogP contribution in [0.25, 0.3) is 0 Å². The van der Waals surface area contributed by atoms with Gasteiger partial charge in [0.05, 0.1) is 6.42 Å². The molecule has 184 valence electrons. The molecule has 0 radical (unpaired) electrons. The van der Waals surface area contributed by atoms with Crippen LogP contribution in [-0.2, 0) is 19.1 Å². The SMILES string of the molecule is C=CC(C/C=C\COC(=O)CCN(CC)CCCCO)CC/C=C/COC(=O)CCCC. The van der Waals surface area contributed by atoms with Gasteiger partial charge in [0.15, 0.2) is 0 Å². The van der Waals surface area contributed by atoms with E-state index in [1.807, 2.05) is 30.4 Å². The predicted molar refractivity (Wildman–Crippen MR) is 130 cm³/mol. The van der Waals surface area contributed by atoms with Gasteiger partial charge in [-0.15, -0.1) is 6.58 Å². The van der Waals surface area contributed by atoms with E-state index in [1.165, 1.54) is 0 Å². The Morgan fingerprint density at radius 3 is 2.25 bits per heavy atom. The van der Waals surface area contributed by atoms with E-state index < -0.39 is 0 Å². The third-order valence-corrected chi connectivity index (χ3v) is 5.19. The highest BCUT2D eigenvalue weighted by molar-refractivity contribution is 5.69. The lowest BCUT2D eigenvalue weighted by Gasteiger charge is -2.19. The first kappa shape index (κ1) is 30.1. The summed E-state index contributed by atoms with van der Waals surface area (Å²) in [6.45, 7) is 11.3. The number of hydrogen-bond donors (Lipinski definition) is 1. The molecule has 0 amide bonds. The van der Waals surface area contributed by atoms with Crippen molar-refractivity contribution in [2.24, 2.45) is 5.92 Å². The second kappa shape index (κ2) is 22.3. The predicted octanol–water partition coefficient (Wildman–Crippen LogP) is 4.83. The molecule has 0 aliphatic rings. The number of unbranched alkanes of at least 4 members (excludes halogenated alkanes) is 2. The first-order chi connectivity index (χ1) is 15.6. The normalized spacial score (nSPS) is 12.5. The van der Waals surface area contributed by atoms with E-state index in [4.69, 9.17) is 14.6 Å². The molecule has 0 saturated carbocycles. The average Bonchev–Trinajstić information content (AvgIpc) is 2.80. The zero-order valence-electron chi connectivity index (χ0n) is 20.3. The second-order valence-corrected chi connectivity index (χ2v) is 7.84.